The lowest BCUT2D eigenvalue weighted by Crippen LogP contribution is -2.02. The molecule has 0 aliphatic carbocycles. The second-order valence-corrected chi connectivity index (χ2v) is 16.6. The van der Waals surface area contributed by atoms with Gasteiger partial charge in [-0.15, -0.1) is 0 Å². The Labute approximate surface area is 390 Å². The maximum atomic E-state index is 10.3. The highest BCUT2D eigenvalue weighted by atomic mass is 15.0. The molecule has 0 fully saturated rings. The smallest absolute Gasteiger partial charge is 0.164 e. The molecule has 314 valence electrons. The minimum atomic E-state index is 0.353. The van der Waals surface area contributed by atoms with Gasteiger partial charge in [-0.3, -0.25) is 0 Å². The van der Waals surface area contributed by atoms with E-state index in [0.29, 0.717) is 45.3 Å². The number of hydrogen-bond acceptors (Lipinski definition) is 6. The lowest BCUT2D eigenvalue weighted by atomic mass is 9.95. The number of hydrogen-bond donors (Lipinski definition) is 0. The van der Waals surface area contributed by atoms with Crippen LogP contribution >= 0.6 is 0 Å². The van der Waals surface area contributed by atoms with Crippen LogP contribution in [0.5, 0.6) is 0 Å². The molecule has 3 aromatic heterocycles. The molecule has 12 aromatic rings. The van der Waals surface area contributed by atoms with Crippen LogP contribution in [0, 0.1) is 34.0 Å². The summed E-state index contributed by atoms with van der Waals surface area (Å²) >= 11 is 0. The minimum absolute atomic E-state index is 0.353. The normalized spacial score (nSPS) is 11.2. The maximum Gasteiger partial charge on any atom is 0.164 e. The molecule has 9 aromatic carbocycles. The molecular weight excluding hydrogens is 833 g/mol. The fraction of sp³-hybridized carbons (Fsp3) is 0. The molecule has 0 N–H and O–H groups in total. The number of benzene rings is 9. The van der Waals surface area contributed by atoms with Crippen molar-refractivity contribution in [2.24, 2.45) is 0 Å². The summed E-state index contributed by atoms with van der Waals surface area (Å²) in [6, 6.07) is 75.9. The number of para-hydroxylation sites is 3. The van der Waals surface area contributed by atoms with E-state index in [0.717, 1.165) is 82.8 Å². The topological polar surface area (TPSA) is 120 Å². The van der Waals surface area contributed by atoms with Gasteiger partial charge < -0.3 is 9.13 Å². The zero-order valence-corrected chi connectivity index (χ0v) is 36.2. The zero-order chi connectivity index (χ0) is 45.7. The van der Waals surface area contributed by atoms with Crippen molar-refractivity contribution in [2.45, 2.75) is 0 Å². The average Bonchev–Trinajstić information content (AvgIpc) is 3.93. The fourth-order valence-corrected chi connectivity index (χ4v) is 9.58. The number of nitrogens with zero attached hydrogens (tertiary/aromatic N) is 8. The van der Waals surface area contributed by atoms with Gasteiger partial charge in [-0.1, -0.05) is 127 Å². The standard InChI is InChI=1S/C60H34N8/c61-35-38-23-27-45(44(31-38)37-63)50-32-39(36-62)24-28-56(50)68-54-22-12-9-19-48(54)51-33-42(25-29-57(51)68)49-34-43(26-30-55(49)67-52-20-10-7-17-46(52)47-18-8-11-21-53(47)67)60-65-58(40-13-3-1-4-14-40)64-59(66-60)41-15-5-2-6-16-41/h1-34H. The Morgan fingerprint density at radius 3 is 1.34 bits per heavy atom. The predicted octanol–water partition coefficient (Wildman–Crippen LogP) is 14.0. The lowest BCUT2D eigenvalue weighted by Gasteiger charge is -2.17. The summed E-state index contributed by atoms with van der Waals surface area (Å²) in [5.41, 5.74) is 13.0. The zero-order valence-electron chi connectivity index (χ0n) is 36.2. The molecule has 0 aliphatic heterocycles. The van der Waals surface area contributed by atoms with Crippen LogP contribution in [-0.2, 0) is 0 Å². The van der Waals surface area contributed by atoms with E-state index in [4.69, 9.17) is 15.0 Å². The highest BCUT2D eigenvalue weighted by Gasteiger charge is 2.22. The van der Waals surface area contributed by atoms with Crippen molar-refractivity contribution in [2.75, 3.05) is 0 Å². The quantitative estimate of drug-likeness (QED) is 0.157. The van der Waals surface area contributed by atoms with Crippen molar-refractivity contribution in [3.63, 3.8) is 0 Å². The van der Waals surface area contributed by atoms with Crippen molar-refractivity contribution in [1.82, 2.24) is 24.1 Å². The first-order valence-corrected chi connectivity index (χ1v) is 22.1. The molecule has 0 saturated carbocycles. The Kier molecular flexibility index (Phi) is 9.47. The number of nitriles is 3. The maximum absolute atomic E-state index is 10.3. The molecule has 0 bridgehead atoms. The summed E-state index contributed by atoms with van der Waals surface area (Å²) in [6.07, 6.45) is 0. The second kappa shape index (κ2) is 16.2. The Morgan fingerprint density at radius 1 is 0.309 bits per heavy atom. The average molecular weight is 867 g/mol. The van der Waals surface area contributed by atoms with Gasteiger partial charge in [0, 0.05) is 54.9 Å². The van der Waals surface area contributed by atoms with Gasteiger partial charge in [-0.2, -0.15) is 15.8 Å². The van der Waals surface area contributed by atoms with Crippen LogP contribution in [0.4, 0.5) is 0 Å². The molecule has 12 rings (SSSR count). The van der Waals surface area contributed by atoms with E-state index < -0.39 is 0 Å². The first kappa shape index (κ1) is 39.6. The molecule has 0 radical (unpaired) electrons. The van der Waals surface area contributed by atoms with Crippen LogP contribution in [-0.4, -0.2) is 24.1 Å². The third-order valence-corrected chi connectivity index (χ3v) is 12.7. The van der Waals surface area contributed by atoms with E-state index >= 15 is 0 Å². The van der Waals surface area contributed by atoms with E-state index in [1.54, 1.807) is 24.3 Å². The lowest BCUT2D eigenvalue weighted by molar-refractivity contribution is 1.07. The molecule has 0 atom stereocenters. The third-order valence-electron chi connectivity index (χ3n) is 12.7. The molecule has 0 amide bonds. The summed E-state index contributed by atoms with van der Waals surface area (Å²) in [4.78, 5) is 15.2. The summed E-state index contributed by atoms with van der Waals surface area (Å²) < 4.78 is 4.55. The molecule has 0 aliphatic rings. The minimum Gasteiger partial charge on any atom is -0.309 e. The SMILES string of the molecule is N#Cc1ccc(-c2cc(C#N)ccc2-n2c3ccccc3c3cc(-c4cc(-c5nc(-c6ccccc6)nc(-c6ccccc6)n5)ccc4-n4c5ccccc5c5ccccc54)ccc32)c(C#N)c1. The van der Waals surface area contributed by atoms with Gasteiger partial charge in [0.25, 0.3) is 0 Å². The number of fused-ring (bicyclic) bond motifs is 6. The van der Waals surface area contributed by atoms with Gasteiger partial charge in [0.1, 0.15) is 0 Å². The van der Waals surface area contributed by atoms with Crippen molar-refractivity contribution in [3.05, 3.63) is 223 Å². The van der Waals surface area contributed by atoms with Gasteiger partial charge in [0.05, 0.1) is 68.3 Å². The van der Waals surface area contributed by atoms with Crippen LogP contribution in [0.1, 0.15) is 16.7 Å². The first-order valence-electron chi connectivity index (χ1n) is 22.1. The summed E-state index contributed by atoms with van der Waals surface area (Å²) in [7, 11) is 0. The van der Waals surface area contributed by atoms with Crippen LogP contribution in [0.2, 0.25) is 0 Å². The Balaban J connectivity index is 1.12. The van der Waals surface area contributed by atoms with Crippen LogP contribution in [0.25, 0.3) is 111 Å². The molecule has 0 saturated heterocycles. The van der Waals surface area contributed by atoms with E-state index in [9.17, 15) is 15.8 Å². The Hall–Kier alpha value is -9.94. The van der Waals surface area contributed by atoms with Crippen molar-refractivity contribution in [1.29, 1.82) is 15.8 Å². The Morgan fingerprint density at radius 2 is 0.765 bits per heavy atom. The summed E-state index contributed by atoms with van der Waals surface area (Å²) in [5.74, 6) is 1.72. The van der Waals surface area contributed by atoms with Crippen molar-refractivity contribution in [3.8, 4) is 86.0 Å². The fourth-order valence-electron chi connectivity index (χ4n) is 9.58. The van der Waals surface area contributed by atoms with E-state index in [2.05, 4.69) is 124 Å². The largest absolute Gasteiger partial charge is 0.309 e. The van der Waals surface area contributed by atoms with Gasteiger partial charge in [0.2, 0.25) is 0 Å². The summed E-state index contributed by atoms with van der Waals surface area (Å²) in [6.45, 7) is 0. The highest BCUT2D eigenvalue weighted by Crippen LogP contribution is 2.42. The molecule has 68 heavy (non-hydrogen) atoms. The number of rotatable bonds is 7. The monoisotopic (exact) mass is 866 g/mol. The van der Waals surface area contributed by atoms with E-state index in [1.165, 1.54) is 0 Å². The molecular formula is C60H34N8. The van der Waals surface area contributed by atoms with Crippen LogP contribution in [0.3, 0.4) is 0 Å². The van der Waals surface area contributed by atoms with Gasteiger partial charge >= 0.3 is 0 Å². The molecule has 8 nitrogen and oxygen atoms in total. The molecule has 0 unspecified atom stereocenters. The van der Waals surface area contributed by atoms with Gasteiger partial charge in [0.15, 0.2) is 17.5 Å². The van der Waals surface area contributed by atoms with Crippen LogP contribution in [0.15, 0.2) is 206 Å². The molecule has 3 heterocycles. The van der Waals surface area contributed by atoms with E-state index in [1.807, 2.05) is 84.9 Å². The summed E-state index contributed by atoms with van der Waals surface area (Å²) in [5, 5.41) is 34.4. The van der Waals surface area contributed by atoms with Crippen molar-refractivity contribution >= 4 is 43.6 Å². The van der Waals surface area contributed by atoms with Crippen LogP contribution < -0.4 is 0 Å². The molecule has 0 spiro atoms. The van der Waals surface area contributed by atoms with Gasteiger partial charge in [-0.05, 0) is 84.4 Å². The third kappa shape index (κ3) is 6.55. The Bertz CT molecular complexity index is 4010. The predicted molar refractivity (Wildman–Crippen MR) is 270 cm³/mol. The molecule has 8 heteroatoms. The van der Waals surface area contributed by atoms with Gasteiger partial charge in [-0.25, -0.2) is 15.0 Å². The number of aromatic nitrogens is 5. The van der Waals surface area contributed by atoms with E-state index in [-0.39, 0.29) is 0 Å². The second-order valence-electron chi connectivity index (χ2n) is 16.6. The highest BCUT2D eigenvalue weighted by molar-refractivity contribution is 6.12. The van der Waals surface area contributed by atoms with Crippen molar-refractivity contribution < 1.29 is 0 Å². The first-order chi connectivity index (χ1) is 33.6.